The molecule has 1 heterocycles. The van der Waals surface area contributed by atoms with E-state index in [4.69, 9.17) is 0 Å². The van der Waals surface area contributed by atoms with E-state index in [1.165, 1.54) is 29.2 Å². The summed E-state index contributed by atoms with van der Waals surface area (Å²) in [7, 11) is 0. The van der Waals surface area contributed by atoms with Crippen LogP contribution in [0.5, 0.6) is 0 Å². The predicted molar refractivity (Wildman–Crippen MR) is 76.4 cm³/mol. The lowest BCUT2D eigenvalue weighted by Crippen LogP contribution is -2.16. The van der Waals surface area contributed by atoms with Gasteiger partial charge in [-0.1, -0.05) is 30.4 Å². The van der Waals surface area contributed by atoms with Crippen LogP contribution in [0.3, 0.4) is 0 Å². The summed E-state index contributed by atoms with van der Waals surface area (Å²) in [6.07, 6.45) is 12.0. The van der Waals surface area contributed by atoms with E-state index in [0.29, 0.717) is 0 Å². The molecule has 1 aromatic carbocycles. The number of nitrogens with one attached hydrogen (secondary N) is 1. The Morgan fingerprint density at radius 2 is 2.22 bits per heavy atom. The Labute approximate surface area is 108 Å². The zero-order valence-corrected chi connectivity index (χ0v) is 10.5. The molecule has 1 aliphatic rings. The minimum Gasteiger partial charge on any atom is -0.314 e. The molecule has 18 heavy (non-hydrogen) atoms. The van der Waals surface area contributed by atoms with Crippen molar-refractivity contribution in [1.82, 2.24) is 10.3 Å². The molecule has 2 heteroatoms. The second-order valence-corrected chi connectivity index (χ2v) is 4.86. The summed E-state index contributed by atoms with van der Waals surface area (Å²) >= 11 is 0. The Balaban J connectivity index is 1.67. The van der Waals surface area contributed by atoms with Crippen molar-refractivity contribution >= 4 is 16.8 Å². The van der Waals surface area contributed by atoms with Gasteiger partial charge in [0, 0.05) is 23.8 Å². The van der Waals surface area contributed by atoms with Crippen LogP contribution in [0.2, 0.25) is 0 Å². The van der Waals surface area contributed by atoms with Crippen LogP contribution in [0.4, 0.5) is 0 Å². The molecule has 0 unspecified atom stereocenters. The van der Waals surface area contributed by atoms with E-state index >= 15 is 0 Å². The van der Waals surface area contributed by atoms with Gasteiger partial charge in [0.15, 0.2) is 0 Å². The molecule has 0 spiro atoms. The van der Waals surface area contributed by atoms with E-state index in [2.05, 4.69) is 46.7 Å². The van der Waals surface area contributed by atoms with E-state index in [-0.39, 0.29) is 0 Å². The fourth-order valence-corrected chi connectivity index (χ4v) is 2.15. The van der Waals surface area contributed by atoms with Crippen LogP contribution in [-0.2, 0) is 0 Å². The quantitative estimate of drug-likeness (QED) is 0.808. The molecular formula is C16H18N2. The van der Waals surface area contributed by atoms with Gasteiger partial charge in [-0.25, -0.2) is 0 Å². The lowest BCUT2D eigenvalue weighted by Gasteiger charge is -2.01. The molecule has 0 amide bonds. The fourth-order valence-electron chi connectivity index (χ4n) is 2.15. The molecule has 1 saturated carbocycles. The number of hydrogen-bond acceptors (Lipinski definition) is 2. The molecule has 0 bridgehead atoms. The van der Waals surface area contributed by atoms with Gasteiger partial charge in [-0.15, -0.1) is 0 Å². The van der Waals surface area contributed by atoms with E-state index in [1.807, 2.05) is 12.4 Å². The summed E-state index contributed by atoms with van der Waals surface area (Å²) in [5, 5.41) is 6.00. The van der Waals surface area contributed by atoms with Crippen LogP contribution in [0.1, 0.15) is 24.8 Å². The molecule has 1 fully saturated rings. The van der Waals surface area contributed by atoms with E-state index in [0.717, 1.165) is 19.0 Å². The molecule has 0 atom stereocenters. The number of benzene rings is 1. The first-order valence-electron chi connectivity index (χ1n) is 6.66. The summed E-state index contributed by atoms with van der Waals surface area (Å²) in [6.45, 7) is 1.09. The Morgan fingerprint density at radius 1 is 1.28 bits per heavy atom. The van der Waals surface area contributed by atoms with Crippen LogP contribution < -0.4 is 5.32 Å². The zero-order chi connectivity index (χ0) is 12.2. The van der Waals surface area contributed by atoms with Crippen molar-refractivity contribution in [2.75, 3.05) is 6.54 Å². The first-order valence-corrected chi connectivity index (χ1v) is 6.66. The lowest BCUT2D eigenvalue weighted by molar-refractivity contribution is 0.691. The summed E-state index contributed by atoms with van der Waals surface area (Å²) in [5.74, 6) is 0. The molecular weight excluding hydrogens is 220 g/mol. The van der Waals surface area contributed by atoms with Crippen LogP contribution in [0.25, 0.3) is 16.8 Å². The van der Waals surface area contributed by atoms with Crippen LogP contribution in [-0.4, -0.2) is 17.6 Å². The molecule has 2 aromatic rings. The van der Waals surface area contributed by atoms with Crippen molar-refractivity contribution in [1.29, 1.82) is 0 Å². The zero-order valence-electron chi connectivity index (χ0n) is 10.5. The van der Waals surface area contributed by atoms with Crippen LogP contribution in [0, 0.1) is 0 Å². The molecule has 3 rings (SSSR count). The highest BCUT2D eigenvalue weighted by Gasteiger charge is 2.19. The standard InChI is InChI=1S/C16H18N2/c1(2-10-18-15-7-8-15)4-13-5-3-6-14-9-11-17-12-16(13)14/h1,3-6,9,11-12,15,18H,2,7-8,10H2/b4-1+. The number of nitrogens with zero attached hydrogens (tertiary/aromatic N) is 1. The van der Waals surface area contributed by atoms with Crippen molar-refractivity contribution in [3.8, 4) is 0 Å². The van der Waals surface area contributed by atoms with Gasteiger partial charge < -0.3 is 5.32 Å². The van der Waals surface area contributed by atoms with Crippen molar-refractivity contribution in [2.45, 2.75) is 25.3 Å². The van der Waals surface area contributed by atoms with Gasteiger partial charge in [-0.05, 0) is 42.8 Å². The van der Waals surface area contributed by atoms with Crippen LogP contribution in [0.15, 0.2) is 42.7 Å². The SMILES string of the molecule is C(=C\c1cccc2ccncc12)/CCNC1CC1. The highest BCUT2D eigenvalue weighted by molar-refractivity contribution is 5.89. The van der Waals surface area contributed by atoms with E-state index < -0.39 is 0 Å². The third kappa shape index (κ3) is 2.77. The maximum absolute atomic E-state index is 4.20. The second kappa shape index (κ2) is 5.32. The Morgan fingerprint density at radius 3 is 3.11 bits per heavy atom. The van der Waals surface area contributed by atoms with Crippen molar-refractivity contribution < 1.29 is 0 Å². The number of hydrogen-bond donors (Lipinski definition) is 1. The summed E-state index contributed by atoms with van der Waals surface area (Å²) in [6, 6.07) is 9.24. The predicted octanol–water partition coefficient (Wildman–Crippen LogP) is 3.39. The van der Waals surface area contributed by atoms with Crippen LogP contribution >= 0.6 is 0 Å². The number of pyridine rings is 1. The minimum atomic E-state index is 0.806. The topological polar surface area (TPSA) is 24.9 Å². The molecule has 92 valence electrons. The summed E-state index contributed by atoms with van der Waals surface area (Å²) in [5.41, 5.74) is 1.26. The van der Waals surface area contributed by atoms with Crippen molar-refractivity contribution in [2.24, 2.45) is 0 Å². The lowest BCUT2D eigenvalue weighted by atomic mass is 10.1. The minimum absolute atomic E-state index is 0.806. The van der Waals surface area contributed by atoms with Gasteiger partial charge in [-0.2, -0.15) is 0 Å². The third-order valence-electron chi connectivity index (χ3n) is 3.34. The maximum Gasteiger partial charge on any atom is 0.0352 e. The monoisotopic (exact) mass is 238 g/mol. The molecule has 1 aliphatic carbocycles. The molecule has 1 aromatic heterocycles. The Bertz CT molecular complexity index is 551. The third-order valence-corrected chi connectivity index (χ3v) is 3.34. The normalized spacial score (nSPS) is 15.6. The summed E-state index contributed by atoms with van der Waals surface area (Å²) < 4.78 is 0. The molecule has 1 N–H and O–H groups in total. The van der Waals surface area contributed by atoms with Gasteiger partial charge in [0.2, 0.25) is 0 Å². The summed E-state index contributed by atoms with van der Waals surface area (Å²) in [4.78, 5) is 4.20. The van der Waals surface area contributed by atoms with Crippen molar-refractivity contribution in [3.05, 3.63) is 48.3 Å². The Kier molecular flexibility index (Phi) is 3.37. The Hall–Kier alpha value is -1.67. The highest BCUT2D eigenvalue weighted by Crippen LogP contribution is 2.19. The van der Waals surface area contributed by atoms with E-state index in [9.17, 15) is 0 Å². The van der Waals surface area contributed by atoms with E-state index in [1.54, 1.807) is 0 Å². The average molecular weight is 238 g/mol. The second-order valence-electron chi connectivity index (χ2n) is 4.86. The molecule has 0 aliphatic heterocycles. The fraction of sp³-hybridized carbons (Fsp3) is 0.312. The van der Waals surface area contributed by atoms with Gasteiger partial charge >= 0.3 is 0 Å². The maximum atomic E-state index is 4.20. The number of aromatic nitrogens is 1. The van der Waals surface area contributed by atoms with Crippen molar-refractivity contribution in [3.63, 3.8) is 0 Å². The molecule has 0 radical (unpaired) electrons. The molecule has 2 nitrogen and oxygen atoms in total. The average Bonchev–Trinajstić information content (AvgIpc) is 3.23. The van der Waals surface area contributed by atoms with Gasteiger partial charge in [-0.3, -0.25) is 4.98 Å². The number of rotatable bonds is 5. The van der Waals surface area contributed by atoms with Gasteiger partial charge in [0.25, 0.3) is 0 Å². The van der Waals surface area contributed by atoms with Gasteiger partial charge in [0.1, 0.15) is 0 Å². The first-order chi connectivity index (χ1) is 8.93. The number of fused-ring (bicyclic) bond motifs is 1. The first kappa shape index (κ1) is 11.4. The largest absolute Gasteiger partial charge is 0.314 e. The van der Waals surface area contributed by atoms with Gasteiger partial charge in [0.05, 0.1) is 0 Å². The highest BCUT2D eigenvalue weighted by atomic mass is 14.9. The molecule has 0 saturated heterocycles. The smallest absolute Gasteiger partial charge is 0.0352 e.